The monoisotopic (exact) mass is 643 g/mol. The van der Waals surface area contributed by atoms with Crippen molar-refractivity contribution in [1.82, 2.24) is 9.80 Å². The Bertz CT molecular complexity index is 1530. The lowest BCUT2D eigenvalue weighted by Crippen LogP contribution is -2.50. The molecule has 0 saturated carbocycles. The van der Waals surface area contributed by atoms with Crippen molar-refractivity contribution in [2.75, 3.05) is 49.8 Å². The molecule has 3 aromatic rings. The molecule has 0 bridgehead atoms. The highest BCUT2D eigenvalue weighted by Crippen LogP contribution is 2.32. The van der Waals surface area contributed by atoms with Crippen LogP contribution < -0.4 is 25.4 Å². The zero-order valence-corrected chi connectivity index (χ0v) is 25.7. The number of alkyl halides is 3. The van der Waals surface area contributed by atoms with Gasteiger partial charge in [0, 0.05) is 36.6 Å². The molecule has 4 N–H and O–H groups in total. The number of likely N-dealkylation sites (N-methyl/N-ethyl adjacent to an activating group) is 1. The van der Waals surface area contributed by atoms with E-state index in [9.17, 15) is 32.7 Å². The van der Waals surface area contributed by atoms with E-state index in [4.69, 9.17) is 9.47 Å². The molecule has 0 saturated heterocycles. The van der Waals surface area contributed by atoms with Gasteiger partial charge in [0.05, 0.1) is 37.4 Å². The van der Waals surface area contributed by atoms with Gasteiger partial charge in [0.15, 0.2) is 0 Å². The minimum atomic E-state index is -4.50. The maximum absolute atomic E-state index is 13.7. The van der Waals surface area contributed by atoms with Gasteiger partial charge >= 0.3 is 18.2 Å². The van der Waals surface area contributed by atoms with Crippen LogP contribution in [0.1, 0.15) is 29.8 Å². The predicted molar refractivity (Wildman–Crippen MR) is 166 cm³/mol. The quantitative estimate of drug-likeness (QED) is 0.248. The second kappa shape index (κ2) is 14.4. The van der Waals surface area contributed by atoms with Crippen LogP contribution in [0.3, 0.4) is 0 Å². The van der Waals surface area contributed by atoms with Crippen molar-refractivity contribution in [1.29, 1.82) is 0 Å². The first-order chi connectivity index (χ1) is 21.8. The zero-order valence-electron chi connectivity index (χ0n) is 25.7. The molecule has 0 aliphatic carbocycles. The summed E-state index contributed by atoms with van der Waals surface area (Å²) in [6.07, 6.45) is -5.12. The Morgan fingerprint density at radius 2 is 1.61 bits per heavy atom. The number of nitrogens with one attached hydrogen (secondary N) is 3. The Hall–Kier alpha value is -4.98. The molecule has 0 aromatic heterocycles. The first kappa shape index (κ1) is 33.9. The summed E-state index contributed by atoms with van der Waals surface area (Å²) in [5.41, 5.74) is 0.344. The summed E-state index contributed by atoms with van der Waals surface area (Å²) in [5.74, 6) is 0.135. The fourth-order valence-electron chi connectivity index (χ4n) is 4.80. The number of amides is 5. The number of carbonyl (C=O) groups is 3. The molecule has 0 spiro atoms. The Morgan fingerprint density at radius 3 is 2.22 bits per heavy atom. The van der Waals surface area contributed by atoms with Gasteiger partial charge in [-0.25, -0.2) is 9.59 Å². The number of urea groups is 2. The molecule has 0 fully saturated rings. The van der Waals surface area contributed by atoms with Crippen LogP contribution >= 0.6 is 0 Å². The molecule has 4 rings (SSSR count). The highest BCUT2D eigenvalue weighted by atomic mass is 19.4. The number of nitrogens with zero attached hydrogens (tertiary/aromatic N) is 2. The van der Waals surface area contributed by atoms with Gasteiger partial charge in [-0.15, -0.1) is 0 Å². The molecule has 0 unspecified atom stereocenters. The average molecular weight is 644 g/mol. The van der Waals surface area contributed by atoms with Gasteiger partial charge in [-0.2, -0.15) is 13.2 Å². The van der Waals surface area contributed by atoms with Crippen LogP contribution in [0.25, 0.3) is 0 Å². The normalized spacial score (nSPS) is 17.0. The number of aliphatic hydroxyl groups is 1. The number of ether oxygens (including phenoxy) is 2. The highest BCUT2D eigenvalue weighted by molar-refractivity contribution is 6.02. The van der Waals surface area contributed by atoms with Crippen molar-refractivity contribution in [2.24, 2.45) is 5.92 Å². The molecule has 1 aliphatic heterocycles. The number of rotatable bonds is 8. The molecule has 11 nitrogen and oxygen atoms in total. The maximum atomic E-state index is 13.7. The maximum Gasteiger partial charge on any atom is 0.416 e. The number of fused-ring (bicyclic) bond motifs is 1. The van der Waals surface area contributed by atoms with Crippen LogP contribution in [-0.4, -0.2) is 78.9 Å². The summed E-state index contributed by atoms with van der Waals surface area (Å²) in [6, 6.07) is 13.8. The second-order valence-corrected chi connectivity index (χ2v) is 11.0. The second-order valence-electron chi connectivity index (χ2n) is 11.0. The van der Waals surface area contributed by atoms with E-state index in [1.807, 2.05) is 6.92 Å². The lowest BCUT2D eigenvalue weighted by atomic mass is 9.99. The molecule has 5 amide bonds. The Morgan fingerprint density at radius 1 is 1.02 bits per heavy atom. The van der Waals surface area contributed by atoms with Crippen LogP contribution in [0.2, 0.25) is 0 Å². The molecule has 3 atom stereocenters. The summed E-state index contributed by atoms with van der Waals surface area (Å²) in [7, 11) is 3.05. The first-order valence-electron chi connectivity index (χ1n) is 14.4. The van der Waals surface area contributed by atoms with E-state index in [1.54, 1.807) is 43.3 Å². The van der Waals surface area contributed by atoms with Crippen LogP contribution in [0.5, 0.6) is 11.5 Å². The minimum absolute atomic E-state index is 0.0624. The summed E-state index contributed by atoms with van der Waals surface area (Å²) in [4.78, 5) is 42.2. The summed E-state index contributed by atoms with van der Waals surface area (Å²) in [5, 5.41) is 17.9. The van der Waals surface area contributed by atoms with Crippen LogP contribution in [-0.2, 0) is 6.18 Å². The molecular weight excluding hydrogens is 607 g/mol. The van der Waals surface area contributed by atoms with Gasteiger partial charge in [-0.3, -0.25) is 4.79 Å². The number of hydrogen-bond acceptors (Lipinski definition) is 6. The van der Waals surface area contributed by atoms with E-state index < -0.39 is 41.9 Å². The number of anilines is 3. The van der Waals surface area contributed by atoms with Crippen LogP contribution in [0.15, 0.2) is 66.7 Å². The third-order valence-electron chi connectivity index (χ3n) is 7.53. The summed E-state index contributed by atoms with van der Waals surface area (Å²) in [6.45, 7) is 3.51. The number of carbonyl (C=O) groups excluding carboxylic acids is 3. The molecule has 1 heterocycles. The van der Waals surface area contributed by atoms with E-state index in [2.05, 4.69) is 16.0 Å². The minimum Gasteiger partial charge on any atom is -0.497 e. The van der Waals surface area contributed by atoms with Gasteiger partial charge < -0.3 is 40.3 Å². The molecule has 3 aromatic carbocycles. The van der Waals surface area contributed by atoms with Gasteiger partial charge in [0.25, 0.3) is 5.91 Å². The Labute approximate surface area is 264 Å². The van der Waals surface area contributed by atoms with E-state index in [-0.39, 0.29) is 42.6 Å². The third kappa shape index (κ3) is 8.38. The largest absolute Gasteiger partial charge is 0.497 e. The van der Waals surface area contributed by atoms with E-state index in [0.29, 0.717) is 17.1 Å². The Balaban J connectivity index is 1.51. The molecule has 46 heavy (non-hydrogen) atoms. The van der Waals surface area contributed by atoms with E-state index >= 15 is 0 Å². The SMILES string of the molecule is COc1ccc(NC(=O)Nc2ccc3c(c2)C(=O)N([C@H](C)CO)C[C@H](C)[C@H](CN(C)C(=O)Nc2ccc(C(F)(F)F)cc2)O3)cc1. The van der Waals surface area contributed by atoms with Gasteiger partial charge in [-0.05, 0) is 73.7 Å². The van der Waals surface area contributed by atoms with Gasteiger partial charge in [0.2, 0.25) is 0 Å². The number of aliphatic hydroxyl groups excluding tert-OH is 1. The molecule has 1 aliphatic rings. The van der Waals surface area contributed by atoms with Crippen molar-refractivity contribution >= 4 is 35.0 Å². The summed E-state index contributed by atoms with van der Waals surface area (Å²) >= 11 is 0. The summed E-state index contributed by atoms with van der Waals surface area (Å²) < 4.78 is 50.1. The Kier molecular flexibility index (Phi) is 10.6. The van der Waals surface area contributed by atoms with E-state index in [0.717, 1.165) is 12.1 Å². The van der Waals surface area contributed by atoms with Crippen molar-refractivity contribution in [3.8, 4) is 11.5 Å². The molecule has 246 valence electrons. The third-order valence-corrected chi connectivity index (χ3v) is 7.53. The average Bonchev–Trinajstić information content (AvgIpc) is 3.02. The lowest BCUT2D eigenvalue weighted by molar-refractivity contribution is -0.137. The molecular formula is C32H36F3N5O6. The smallest absolute Gasteiger partial charge is 0.416 e. The predicted octanol–water partition coefficient (Wildman–Crippen LogP) is 5.74. The fraction of sp³-hybridized carbons (Fsp3) is 0.344. The number of halogens is 3. The standard InChI is InChI=1S/C32H36F3N5O6/c1-19-16-40(20(2)18-41)29(42)26-15-24(37-30(43)36-22-9-12-25(45-4)13-10-22)11-14-27(26)46-28(19)17-39(3)31(44)38-23-7-5-21(6-8-23)32(33,34)35/h5-15,19-20,28,41H,16-18H2,1-4H3,(H,38,44)(H2,36,37,43)/t19-,20+,28-/m0/s1. The van der Waals surface area contributed by atoms with Crippen LogP contribution in [0, 0.1) is 5.92 Å². The van der Waals surface area contributed by atoms with Crippen molar-refractivity contribution in [3.63, 3.8) is 0 Å². The molecule has 0 radical (unpaired) electrons. The number of methoxy groups -OCH3 is 1. The van der Waals surface area contributed by atoms with E-state index in [1.165, 1.54) is 42.2 Å². The van der Waals surface area contributed by atoms with Crippen molar-refractivity contribution < 1.29 is 42.1 Å². The fourth-order valence-corrected chi connectivity index (χ4v) is 4.80. The van der Waals surface area contributed by atoms with Crippen molar-refractivity contribution in [2.45, 2.75) is 32.2 Å². The molecule has 14 heteroatoms. The van der Waals surface area contributed by atoms with Gasteiger partial charge in [0.1, 0.15) is 17.6 Å². The highest BCUT2D eigenvalue weighted by Gasteiger charge is 2.34. The number of hydrogen-bond donors (Lipinski definition) is 4. The topological polar surface area (TPSA) is 132 Å². The lowest BCUT2D eigenvalue weighted by Gasteiger charge is -2.38. The van der Waals surface area contributed by atoms with Gasteiger partial charge in [-0.1, -0.05) is 6.92 Å². The van der Waals surface area contributed by atoms with Crippen LogP contribution in [0.4, 0.5) is 39.8 Å². The first-order valence-corrected chi connectivity index (χ1v) is 14.4. The zero-order chi connectivity index (χ0) is 33.6. The number of benzene rings is 3. The van der Waals surface area contributed by atoms with Crippen molar-refractivity contribution in [3.05, 3.63) is 77.9 Å².